The number of ether oxygens (including phenoxy) is 1. The highest BCUT2D eigenvalue weighted by molar-refractivity contribution is 8.18. The molecule has 2 aromatic carbocycles. The summed E-state index contributed by atoms with van der Waals surface area (Å²) in [6, 6.07) is 18.8. The molecule has 4 rings (SSSR count). The third-order valence-electron chi connectivity index (χ3n) is 4.12. The standard InChI is InChI=1S/C21H16ClN3O2S/c1-27-18-10-6-15(7-11-18)23-21-24-20(26)19(28-21)13-17-3-2-12-25(17)16-8-4-14(22)5-9-16/h2-13H,1H3,(H,23,24,26)/b19-13+. The molecule has 140 valence electrons. The monoisotopic (exact) mass is 409 g/mol. The van der Waals surface area contributed by atoms with E-state index in [2.05, 4.69) is 10.3 Å². The lowest BCUT2D eigenvalue weighted by Gasteiger charge is -2.06. The van der Waals surface area contributed by atoms with E-state index in [0.29, 0.717) is 15.1 Å². The molecule has 1 saturated heterocycles. The fourth-order valence-electron chi connectivity index (χ4n) is 2.74. The summed E-state index contributed by atoms with van der Waals surface area (Å²) in [5.41, 5.74) is 2.61. The molecule has 0 spiro atoms. The van der Waals surface area contributed by atoms with Gasteiger partial charge in [0.25, 0.3) is 5.91 Å². The van der Waals surface area contributed by atoms with Crippen molar-refractivity contribution in [2.24, 2.45) is 4.99 Å². The molecule has 1 aliphatic rings. The molecule has 3 aromatic rings. The molecule has 0 bridgehead atoms. The number of aromatic nitrogens is 1. The maximum Gasteiger partial charge on any atom is 0.264 e. The smallest absolute Gasteiger partial charge is 0.264 e. The van der Waals surface area contributed by atoms with E-state index in [1.54, 1.807) is 7.11 Å². The molecular formula is C21H16ClN3O2S. The van der Waals surface area contributed by atoms with Gasteiger partial charge in [-0.1, -0.05) is 11.6 Å². The Kier molecular flexibility index (Phi) is 5.23. The number of carbonyl (C=O) groups is 1. The molecule has 7 heteroatoms. The Bertz CT molecular complexity index is 1070. The summed E-state index contributed by atoms with van der Waals surface area (Å²) in [5, 5.41) is 4.04. The molecule has 0 unspecified atom stereocenters. The van der Waals surface area contributed by atoms with E-state index in [9.17, 15) is 4.79 Å². The lowest BCUT2D eigenvalue weighted by Crippen LogP contribution is -2.19. The van der Waals surface area contributed by atoms with Crippen molar-refractivity contribution in [2.45, 2.75) is 0 Å². The summed E-state index contributed by atoms with van der Waals surface area (Å²) in [6.07, 6.45) is 3.80. The zero-order valence-electron chi connectivity index (χ0n) is 14.9. The Labute approximate surface area is 171 Å². The van der Waals surface area contributed by atoms with E-state index in [1.807, 2.05) is 77.5 Å². The Morgan fingerprint density at radius 3 is 2.57 bits per heavy atom. The van der Waals surface area contributed by atoms with Crippen molar-refractivity contribution in [3.63, 3.8) is 0 Å². The molecule has 28 heavy (non-hydrogen) atoms. The molecule has 1 amide bonds. The molecule has 5 nitrogen and oxygen atoms in total. The van der Waals surface area contributed by atoms with E-state index in [-0.39, 0.29) is 5.91 Å². The first-order chi connectivity index (χ1) is 13.6. The van der Waals surface area contributed by atoms with Crippen LogP contribution < -0.4 is 10.1 Å². The zero-order valence-corrected chi connectivity index (χ0v) is 16.5. The van der Waals surface area contributed by atoms with Crippen LogP contribution in [0.5, 0.6) is 5.75 Å². The van der Waals surface area contributed by atoms with Crippen LogP contribution in [0.1, 0.15) is 5.69 Å². The van der Waals surface area contributed by atoms with Crippen molar-refractivity contribution in [3.8, 4) is 11.4 Å². The quantitative estimate of drug-likeness (QED) is 0.615. The third kappa shape index (κ3) is 3.98. The van der Waals surface area contributed by atoms with Gasteiger partial charge in [-0.25, -0.2) is 4.99 Å². The summed E-state index contributed by atoms with van der Waals surface area (Å²) in [4.78, 5) is 17.4. The number of amides is 1. The number of hydrogen-bond acceptors (Lipinski definition) is 4. The number of hydrogen-bond donors (Lipinski definition) is 1. The van der Waals surface area contributed by atoms with Crippen molar-refractivity contribution < 1.29 is 9.53 Å². The van der Waals surface area contributed by atoms with Gasteiger partial charge in [0.05, 0.1) is 17.7 Å². The van der Waals surface area contributed by atoms with Crippen LogP contribution in [0.4, 0.5) is 5.69 Å². The maximum absolute atomic E-state index is 12.4. The van der Waals surface area contributed by atoms with Crippen molar-refractivity contribution in [2.75, 3.05) is 7.11 Å². The number of rotatable bonds is 4. The first-order valence-electron chi connectivity index (χ1n) is 8.49. The molecule has 1 N–H and O–H groups in total. The lowest BCUT2D eigenvalue weighted by molar-refractivity contribution is -0.115. The van der Waals surface area contributed by atoms with Gasteiger partial charge < -0.3 is 14.6 Å². The van der Waals surface area contributed by atoms with Crippen LogP contribution >= 0.6 is 23.4 Å². The highest BCUT2D eigenvalue weighted by Crippen LogP contribution is 2.29. The van der Waals surface area contributed by atoms with Gasteiger partial charge in [0.15, 0.2) is 5.17 Å². The van der Waals surface area contributed by atoms with Gasteiger partial charge in [-0.15, -0.1) is 0 Å². The van der Waals surface area contributed by atoms with E-state index in [0.717, 1.165) is 22.8 Å². The number of amidine groups is 1. The number of aliphatic imine (C=N–C) groups is 1. The van der Waals surface area contributed by atoms with Crippen LogP contribution in [-0.2, 0) is 4.79 Å². The van der Waals surface area contributed by atoms with Gasteiger partial charge >= 0.3 is 0 Å². The van der Waals surface area contributed by atoms with Crippen LogP contribution in [0.2, 0.25) is 5.02 Å². The lowest BCUT2D eigenvalue weighted by atomic mass is 10.3. The highest BCUT2D eigenvalue weighted by atomic mass is 35.5. The Hall–Kier alpha value is -2.96. The largest absolute Gasteiger partial charge is 0.497 e. The Morgan fingerprint density at radius 2 is 1.86 bits per heavy atom. The number of thioether (sulfide) groups is 1. The average Bonchev–Trinajstić information content (AvgIpc) is 3.30. The number of methoxy groups -OCH3 is 1. The van der Waals surface area contributed by atoms with E-state index in [1.165, 1.54) is 11.8 Å². The van der Waals surface area contributed by atoms with Gasteiger partial charge in [-0.3, -0.25) is 4.79 Å². The first-order valence-corrected chi connectivity index (χ1v) is 9.69. The average molecular weight is 410 g/mol. The second-order valence-electron chi connectivity index (χ2n) is 5.96. The summed E-state index contributed by atoms with van der Waals surface area (Å²) in [7, 11) is 1.62. The second kappa shape index (κ2) is 7.96. The van der Waals surface area contributed by atoms with Crippen molar-refractivity contribution in [1.29, 1.82) is 0 Å². The van der Waals surface area contributed by atoms with Gasteiger partial charge in [0.1, 0.15) is 5.75 Å². The molecule has 1 fully saturated rings. The predicted octanol–water partition coefficient (Wildman–Crippen LogP) is 5.03. The summed E-state index contributed by atoms with van der Waals surface area (Å²) < 4.78 is 7.14. The van der Waals surface area contributed by atoms with Gasteiger partial charge in [-0.2, -0.15) is 0 Å². The van der Waals surface area contributed by atoms with Gasteiger partial charge in [0.2, 0.25) is 0 Å². The highest BCUT2D eigenvalue weighted by Gasteiger charge is 2.24. The van der Waals surface area contributed by atoms with Gasteiger partial charge in [-0.05, 0) is 78.5 Å². The molecule has 1 aromatic heterocycles. The maximum atomic E-state index is 12.4. The SMILES string of the molecule is COc1ccc(N=C2NC(=O)/C(=C\c3cccn3-c3ccc(Cl)cc3)S2)cc1. The molecular weight excluding hydrogens is 394 g/mol. The van der Waals surface area contributed by atoms with E-state index >= 15 is 0 Å². The number of benzene rings is 2. The minimum Gasteiger partial charge on any atom is -0.497 e. The molecule has 0 aliphatic carbocycles. The van der Waals surface area contributed by atoms with E-state index in [4.69, 9.17) is 16.3 Å². The number of nitrogens with one attached hydrogen (secondary N) is 1. The summed E-state index contributed by atoms with van der Waals surface area (Å²) in [6.45, 7) is 0. The molecule has 0 radical (unpaired) electrons. The summed E-state index contributed by atoms with van der Waals surface area (Å²) >= 11 is 7.28. The number of halogens is 1. The normalized spacial score (nSPS) is 16.6. The molecule has 2 heterocycles. The number of carbonyl (C=O) groups excluding carboxylic acids is 1. The van der Waals surface area contributed by atoms with Crippen LogP contribution in [0.3, 0.4) is 0 Å². The number of nitrogens with zero attached hydrogens (tertiary/aromatic N) is 2. The predicted molar refractivity (Wildman–Crippen MR) is 115 cm³/mol. The molecule has 0 saturated carbocycles. The topological polar surface area (TPSA) is 55.6 Å². The second-order valence-corrected chi connectivity index (χ2v) is 7.43. The fraction of sp³-hybridized carbons (Fsp3) is 0.0476. The van der Waals surface area contributed by atoms with Crippen molar-refractivity contribution >= 4 is 46.2 Å². The first kappa shape index (κ1) is 18.4. The van der Waals surface area contributed by atoms with Crippen LogP contribution in [0, 0.1) is 0 Å². The van der Waals surface area contributed by atoms with Crippen LogP contribution in [0.15, 0.2) is 76.8 Å². The Balaban J connectivity index is 1.58. The third-order valence-corrected chi connectivity index (χ3v) is 5.28. The fourth-order valence-corrected chi connectivity index (χ4v) is 3.69. The summed E-state index contributed by atoms with van der Waals surface area (Å²) in [5.74, 6) is 0.594. The van der Waals surface area contributed by atoms with Crippen LogP contribution in [-0.4, -0.2) is 22.8 Å². The molecule has 0 atom stereocenters. The van der Waals surface area contributed by atoms with Crippen molar-refractivity contribution in [1.82, 2.24) is 9.88 Å². The van der Waals surface area contributed by atoms with E-state index < -0.39 is 0 Å². The Morgan fingerprint density at radius 1 is 1.11 bits per heavy atom. The van der Waals surface area contributed by atoms with Gasteiger partial charge in [0, 0.05) is 22.6 Å². The minimum atomic E-state index is -0.166. The van der Waals surface area contributed by atoms with Crippen LogP contribution in [0.25, 0.3) is 11.8 Å². The zero-order chi connectivity index (χ0) is 19.5. The van der Waals surface area contributed by atoms with Crippen molar-refractivity contribution in [3.05, 3.63) is 82.5 Å². The minimum absolute atomic E-state index is 0.166. The molecule has 1 aliphatic heterocycles.